The molecule has 230 valence electrons. The molecule has 0 aromatic rings. The van der Waals surface area contributed by atoms with Gasteiger partial charge in [0.1, 0.15) is 0 Å². The van der Waals surface area contributed by atoms with E-state index in [-0.39, 0.29) is 29.1 Å². The molecule has 2 N–H and O–H groups in total. The van der Waals surface area contributed by atoms with Crippen molar-refractivity contribution in [1.82, 2.24) is 10.2 Å². The zero-order valence-electron chi connectivity index (χ0n) is 26.5. The lowest BCUT2D eigenvalue weighted by molar-refractivity contribution is -0.869. The van der Waals surface area contributed by atoms with Crippen LogP contribution >= 0.6 is 0 Å². The molecule has 4 aliphatic carbocycles. The molecular formula is C33H55N4O4+. The Bertz CT molecular complexity index is 1070. The van der Waals surface area contributed by atoms with Crippen molar-refractivity contribution < 1.29 is 24.0 Å². The average molecular weight is 572 g/mol. The van der Waals surface area contributed by atoms with Crippen LogP contribution in [0.3, 0.4) is 0 Å². The van der Waals surface area contributed by atoms with Crippen LogP contribution in [0.25, 0.3) is 0 Å². The molecule has 0 radical (unpaired) electrons. The van der Waals surface area contributed by atoms with E-state index in [2.05, 4.69) is 52.4 Å². The molecule has 1 aliphatic heterocycles. The van der Waals surface area contributed by atoms with Gasteiger partial charge >= 0.3 is 6.09 Å². The normalized spacial score (nSPS) is 39.0. The summed E-state index contributed by atoms with van der Waals surface area (Å²) in [5, 5.41) is 17.7. The molecule has 0 bridgehead atoms. The van der Waals surface area contributed by atoms with Crippen molar-refractivity contribution >= 4 is 17.6 Å². The summed E-state index contributed by atoms with van der Waals surface area (Å²) >= 11 is 0. The van der Waals surface area contributed by atoms with E-state index >= 15 is 0 Å². The fraction of sp³-hybridized carbons (Fsp3) is 0.848. The molecule has 4 fully saturated rings. The topological polar surface area (TPSA) is 91.2 Å². The number of oxime groups is 1. The Morgan fingerprint density at radius 1 is 1.12 bits per heavy atom. The van der Waals surface area contributed by atoms with Crippen LogP contribution in [0.15, 0.2) is 16.8 Å². The second kappa shape index (κ2) is 11.7. The highest BCUT2D eigenvalue weighted by molar-refractivity contribution is 5.91. The fourth-order valence-electron chi connectivity index (χ4n) is 9.52. The van der Waals surface area contributed by atoms with E-state index in [1.165, 1.54) is 31.3 Å². The van der Waals surface area contributed by atoms with Crippen molar-refractivity contribution in [3.8, 4) is 0 Å². The van der Waals surface area contributed by atoms with Crippen molar-refractivity contribution in [2.24, 2.45) is 39.7 Å². The van der Waals surface area contributed by atoms with Crippen LogP contribution in [0, 0.1) is 34.5 Å². The van der Waals surface area contributed by atoms with Gasteiger partial charge in [-0.2, -0.15) is 0 Å². The second-order valence-electron chi connectivity index (χ2n) is 15.5. The summed E-state index contributed by atoms with van der Waals surface area (Å²) in [5.74, 6) is 2.70. The smallest absolute Gasteiger partial charge is 0.392 e. The molecule has 2 unspecified atom stereocenters. The number of rotatable bonds is 8. The molecule has 8 atom stereocenters. The number of aliphatic hydroxyl groups excluding tert-OH is 1. The van der Waals surface area contributed by atoms with E-state index in [4.69, 9.17) is 4.84 Å². The summed E-state index contributed by atoms with van der Waals surface area (Å²) in [4.78, 5) is 32.9. The number of likely N-dealkylation sites (N-methyl/N-ethyl adjacent to an activating group) is 1. The Hall–Kier alpha value is -1.77. The summed E-state index contributed by atoms with van der Waals surface area (Å²) in [5.41, 5.74) is 2.75. The van der Waals surface area contributed by atoms with Gasteiger partial charge in [0.25, 0.3) is 0 Å². The van der Waals surface area contributed by atoms with E-state index in [0.717, 1.165) is 48.8 Å². The Kier molecular flexibility index (Phi) is 8.77. The standard InChI is InChI=1S/C33H55N4O4/c1-22(35-41-31(40)36(17-18-37(4,5)6)16-13-24-20-26(39)21-34-24)28-9-10-29-27-8-7-23-19-25(38)11-14-32(23,2)30(27)12-15-33(28,29)3/h19,24,26-30,34,39H,7-18,20-21H2,1-6H3/q+1/b35-22+/t24?,26?,27-,28+,29-,30-,32-,33+/m0/s1. The van der Waals surface area contributed by atoms with E-state index in [9.17, 15) is 14.7 Å². The third-order valence-corrected chi connectivity index (χ3v) is 12.0. The third-order valence-electron chi connectivity index (χ3n) is 12.0. The number of carbonyl (C=O) groups is 2. The zero-order valence-corrected chi connectivity index (χ0v) is 26.5. The SMILES string of the molecule is C/C(=N\OC(=O)N(CCC1CC(O)CN1)CC[N+](C)(C)C)[C@H]1CC[C@H]2[C@@H]3CCC4=CC(=O)CC[C@]4(C)[C@H]3CC[C@]12C. The number of amides is 1. The molecule has 8 heteroatoms. The average Bonchev–Trinajstić information content (AvgIpc) is 3.49. The Balaban J connectivity index is 1.23. The minimum Gasteiger partial charge on any atom is -0.392 e. The highest BCUT2D eigenvalue weighted by Gasteiger charge is 2.59. The lowest BCUT2D eigenvalue weighted by Crippen LogP contribution is -2.51. The van der Waals surface area contributed by atoms with Gasteiger partial charge < -0.3 is 19.8 Å². The minimum atomic E-state index is -0.369. The third kappa shape index (κ3) is 6.30. The van der Waals surface area contributed by atoms with Crippen LogP contribution in [0.4, 0.5) is 4.79 Å². The van der Waals surface area contributed by atoms with Crippen molar-refractivity contribution in [1.29, 1.82) is 0 Å². The first-order chi connectivity index (χ1) is 19.3. The first kappa shape index (κ1) is 30.7. The first-order valence-electron chi connectivity index (χ1n) is 16.3. The quantitative estimate of drug-likeness (QED) is 0.190. The summed E-state index contributed by atoms with van der Waals surface area (Å²) in [6.45, 7) is 9.63. The van der Waals surface area contributed by atoms with Gasteiger partial charge in [-0.25, -0.2) is 4.79 Å². The van der Waals surface area contributed by atoms with E-state index in [1.54, 1.807) is 4.90 Å². The van der Waals surface area contributed by atoms with Crippen molar-refractivity contribution in [2.45, 2.75) is 97.1 Å². The molecular weight excluding hydrogens is 516 g/mol. The van der Waals surface area contributed by atoms with Crippen LogP contribution in [-0.2, 0) is 9.63 Å². The van der Waals surface area contributed by atoms with Crippen LogP contribution in [-0.4, -0.2) is 91.5 Å². The number of hydrogen-bond donors (Lipinski definition) is 2. The molecule has 8 nitrogen and oxygen atoms in total. The van der Waals surface area contributed by atoms with Crippen LogP contribution < -0.4 is 5.32 Å². The maximum Gasteiger partial charge on any atom is 0.436 e. The van der Waals surface area contributed by atoms with Crippen molar-refractivity contribution in [2.75, 3.05) is 47.3 Å². The molecule has 0 aromatic carbocycles. The van der Waals surface area contributed by atoms with E-state index in [0.29, 0.717) is 55.5 Å². The Morgan fingerprint density at radius 3 is 2.61 bits per heavy atom. The number of nitrogens with one attached hydrogen (secondary N) is 1. The van der Waals surface area contributed by atoms with Gasteiger partial charge in [0, 0.05) is 31.5 Å². The number of ketones is 1. The maximum absolute atomic E-state index is 13.3. The molecule has 41 heavy (non-hydrogen) atoms. The molecule has 5 aliphatic rings. The Labute approximate surface area is 247 Å². The van der Waals surface area contributed by atoms with Crippen LogP contribution in [0.2, 0.25) is 0 Å². The highest BCUT2D eigenvalue weighted by atomic mass is 16.7. The monoisotopic (exact) mass is 571 g/mol. The number of quaternary nitrogens is 1. The fourth-order valence-corrected chi connectivity index (χ4v) is 9.52. The lowest BCUT2D eigenvalue weighted by Gasteiger charge is -2.58. The lowest BCUT2D eigenvalue weighted by atomic mass is 9.46. The van der Waals surface area contributed by atoms with Gasteiger partial charge in [0.2, 0.25) is 0 Å². The van der Waals surface area contributed by atoms with Gasteiger partial charge in [-0.1, -0.05) is 24.6 Å². The predicted molar refractivity (Wildman–Crippen MR) is 161 cm³/mol. The number of hydrogen-bond acceptors (Lipinski definition) is 6. The number of nitrogens with zero attached hydrogens (tertiary/aromatic N) is 3. The summed E-state index contributed by atoms with van der Waals surface area (Å²) in [6, 6.07) is 0.225. The van der Waals surface area contributed by atoms with Gasteiger partial charge in [-0.15, -0.1) is 0 Å². The van der Waals surface area contributed by atoms with Crippen molar-refractivity contribution in [3.63, 3.8) is 0 Å². The molecule has 1 heterocycles. The second-order valence-corrected chi connectivity index (χ2v) is 15.5. The first-order valence-corrected chi connectivity index (χ1v) is 16.3. The maximum atomic E-state index is 13.3. The number of fused-ring (bicyclic) bond motifs is 5. The molecule has 1 amide bonds. The Morgan fingerprint density at radius 2 is 1.90 bits per heavy atom. The van der Waals surface area contributed by atoms with Gasteiger partial charge in [0.15, 0.2) is 5.78 Å². The predicted octanol–water partition coefficient (Wildman–Crippen LogP) is 4.77. The number of carbonyl (C=O) groups excluding carboxylic acids is 2. The number of allylic oxidation sites excluding steroid dienone is 1. The van der Waals surface area contributed by atoms with Crippen molar-refractivity contribution in [3.05, 3.63) is 11.6 Å². The summed E-state index contributed by atoms with van der Waals surface area (Å²) in [6.07, 6.45) is 11.6. The van der Waals surface area contributed by atoms with Gasteiger partial charge in [-0.05, 0) is 99.4 Å². The summed E-state index contributed by atoms with van der Waals surface area (Å²) in [7, 11) is 6.39. The largest absolute Gasteiger partial charge is 0.436 e. The van der Waals surface area contributed by atoms with E-state index in [1.807, 2.05) is 6.08 Å². The highest BCUT2D eigenvalue weighted by Crippen LogP contribution is 2.66. The van der Waals surface area contributed by atoms with Crippen LogP contribution in [0.5, 0.6) is 0 Å². The zero-order chi connectivity index (χ0) is 29.6. The van der Waals surface area contributed by atoms with E-state index < -0.39 is 0 Å². The van der Waals surface area contributed by atoms with Gasteiger partial charge in [0.05, 0.1) is 46.0 Å². The molecule has 0 aromatic heterocycles. The van der Waals surface area contributed by atoms with Crippen LogP contribution in [0.1, 0.15) is 85.0 Å². The minimum absolute atomic E-state index is 0.182. The molecule has 0 spiro atoms. The number of β-amino-alcohol motifs (C(OH)–C–C–N with tert-alkyl or cyclic N) is 1. The molecule has 3 saturated carbocycles. The summed E-state index contributed by atoms with van der Waals surface area (Å²) < 4.78 is 0.767. The number of aliphatic hydroxyl groups is 1. The molecule has 5 rings (SSSR count). The van der Waals surface area contributed by atoms with Gasteiger partial charge in [-0.3, -0.25) is 9.63 Å². The molecule has 1 saturated heterocycles.